The van der Waals surface area contributed by atoms with Crippen LogP contribution < -0.4 is 10.2 Å². The maximum absolute atomic E-state index is 12.6. The van der Waals surface area contributed by atoms with E-state index in [4.69, 9.17) is 0 Å². The smallest absolute Gasteiger partial charge is 0.241 e. The number of carbonyl (C=O) groups excluding carboxylic acids is 1. The lowest BCUT2D eigenvalue weighted by Crippen LogP contribution is -2.43. The minimum absolute atomic E-state index is 0.0425. The van der Waals surface area contributed by atoms with Crippen LogP contribution >= 0.6 is 27.3 Å². The summed E-state index contributed by atoms with van der Waals surface area (Å²) in [5.41, 5.74) is 1.90. The average molecular weight is 423 g/mol. The summed E-state index contributed by atoms with van der Waals surface area (Å²) in [6.07, 6.45) is 1.04. The van der Waals surface area contributed by atoms with Gasteiger partial charge in [-0.05, 0) is 44.5 Å². The number of hydrogen-bond donors (Lipinski definition) is 1. The lowest BCUT2D eigenvalue weighted by Gasteiger charge is -2.26. The van der Waals surface area contributed by atoms with Gasteiger partial charge in [0.1, 0.15) is 0 Å². The molecule has 5 nitrogen and oxygen atoms in total. The normalized spacial score (nSPS) is 17.2. The van der Waals surface area contributed by atoms with Gasteiger partial charge in [-0.15, -0.1) is 11.3 Å². The molecule has 1 aromatic carbocycles. The van der Waals surface area contributed by atoms with Crippen molar-refractivity contribution in [3.05, 3.63) is 39.8 Å². The van der Waals surface area contributed by atoms with Crippen LogP contribution in [-0.4, -0.2) is 48.0 Å². The maximum atomic E-state index is 12.6. The van der Waals surface area contributed by atoms with Crippen LogP contribution in [0.5, 0.6) is 0 Å². The molecule has 0 radical (unpaired) electrons. The van der Waals surface area contributed by atoms with Crippen LogP contribution in [-0.2, 0) is 4.79 Å². The molecule has 1 aliphatic heterocycles. The molecule has 1 unspecified atom stereocenters. The summed E-state index contributed by atoms with van der Waals surface area (Å²) < 4.78 is 1.00. The van der Waals surface area contributed by atoms with Gasteiger partial charge in [-0.1, -0.05) is 15.9 Å². The van der Waals surface area contributed by atoms with Crippen LogP contribution in [0.4, 0.5) is 10.8 Å². The largest absolute Gasteiger partial charge is 0.347 e. The van der Waals surface area contributed by atoms with Gasteiger partial charge in [0.05, 0.1) is 11.7 Å². The third kappa shape index (κ3) is 4.80. The molecule has 25 heavy (non-hydrogen) atoms. The number of rotatable bonds is 4. The quantitative estimate of drug-likeness (QED) is 0.814. The molecule has 1 saturated heterocycles. The van der Waals surface area contributed by atoms with Crippen molar-refractivity contribution < 1.29 is 4.79 Å². The zero-order valence-electron chi connectivity index (χ0n) is 14.5. The van der Waals surface area contributed by atoms with E-state index in [9.17, 15) is 4.79 Å². The van der Waals surface area contributed by atoms with E-state index in [1.165, 1.54) is 0 Å². The second kappa shape index (κ2) is 8.29. The number of nitrogens with zero attached hydrogens (tertiary/aromatic N) is 3. The Kier molecular flexibility index (Phi) is 6.09. The Balaban J connectivity index is 1.57. The molecule has 2 aromatic rings. The van der Waals surface area contributed by atoms with Gasteiger partial charge in [-0.3, -0.25) is 9.69 Å². The molecular weight excluding hydrogens is 400 g/mol. The van der Waals surface area contributed by atoms with Gasteiger partial charge in [0.25, 0.3) is 0 Å². The van der Waals surface area contributed by atoms with E-state index in [2.05, 4.69) is 41.4 Å². The number of aryl methyl sites for hydroxylation is 1. The molecule has 7 heteroatoms. The number of thiazole rings is 1. The van der Waals surface area contributed by atoms with E-state index in [0.29, 0.717) is 0 Å². The Hall–Kier alpha value is -1.44. The fraction of sp³-hybridized carbons (Fsp3) is 0.444. The number of aromatic nitrogens is 1. The molecular formula is C18H23BrN4OS. The fourth-order valence-electron chi connectivity index (χ4n) is 2.95. The number of anilines is 2. The molecule has 2 heterocycles. The van der Waals surface area contributed by atoms with Crippen LogP contribution in [0.3, 0.4) is 0 Å². The number of benzene rings is 1. The Morgan fingerprint density at radius 1 is 1.24 bits per heavy atom. The van der Waals surface area contributed by atoms with Crippen molar-refractivity contribution in [1.82, 2.24) is 9.88 Å². The van der Waals surface area contributed by atoms with Gasteiger partial charge < -0.3 is 10.2 Å². The minimum Gasteiger partial charge on any atom is -0.347 e. The number of amides is 1. The molecule has 1 amide bonds. The van der Waals surface area contributed by atoms with E-state index in [1.54, 1.807) is 11.3 Å². The molecule has 1 fully saturated rings. The number of halogens is 1. The molecule has 1 N–H and O–H groups in total. The highest BCUT2D eigenvalue weighted by Crippen LogP contribution is 2.22. The predicted octanol–water partition coefficient (Wildman–Crippen LogP) is 3.75. The average Bonchev–Trinajstić information content (AvgIpc) is 2.89. The van der Waals surface area contributed by atoms with Crippen molar-refractivity contribution >= 4 is 44.0 Å². The first-order chi connectivity index (χ1) is 12.0. The highest BCUT2D eigenvalue weighted by Gasteiger charge is 2.24. The molecule has 134 valence electrons. The summed E-state index contributed by atoms with van der Waals surface area (Å²) in [7, 11) is 0. The second-order valence-corrected chi connectivity index (χ2v) is 8.07. The van der Waals surface area contributed by atoms with Crippen molar-refractivity contribution in [3.63, 3.8) is 0 Å². The van der Waals surface area contributed by atoms with E-state index in [1.807, 2.05) is 38.1 Å². The Morgan fingerprint density at radius 2 is 2.00 bits per heavy atom. The number of nitrogens with one attached hydrogen (secondary N) is 1. The molecule has 1 aliphatic rings. The Morgan fingerprint density at radius 3 is 2.68 bits per heavy atom. The van der Waals surface area contributed by atoms with Crippen molar-refractivity contribution in [2.24, 2.45) is 0 Å². The summed E-state index contributed by atoms with van der Waals surface area (Å²) in [6.45, 7) is 7.70. The highest BCUT2D eigenvalue weighted by molar-refractivity contribution is 9.10. The summed E-state index contributed by atoms with van der Waals surface area (Å²) in [6, 6.07) is 7.52. The zero-order chi connectivity index (χ0) is 17.8. The standard InChI is InChI=1S/C18H23BrN4OS/c1-13-12-25-18(20-13)23-9-3-8-22(10-11-23)14(2)17(24)21-16-6-4-15(19)5-7-16/h4-7,12,14H,3,8-11H2,1-2H3,(H,21,24). The summed E-state index contributed by atoms with van der Waals surface area (Å²) in [5, 5.41) is 6.19. The molecule has 0 bridgehead atoms. The lowest BCUT2D eigenvalue weighted by molar-refractivity contribution is -0.120. The fourth-order valence-corrected chi connectivity index (χ4v) is 4.07. The lowest BCUT2D eigenvalue weighted by atomic mass is 10.2. The van der Waals surface area contributed by atoms with E-state index < -0.39 is 0 Å². The van der Waals surface area contributed by atoms with E-state index in [-0.39, 0.29) is 11.9 Å². The first-order valence-electron chi connectivity index (χ1n) is 8.50. The first kappa shape index (κ1) is 18.4. The molecule has 0 spiro atoms. The summed E-state index contributed by atoms with van der Waals surface area (Å²) in [4.78, 5) is 21.8. The van der Waals surface area contributed by atoms with Gasteiger partial charge in [-0.25, -0.2) is 4.98 Å². The molecule has 3 rings (SSSR count). The highest BCUT2D eigenvalue weighted by atomic mass is 79.9. The third-order valence-electron chi connectivity index (χ3n) is 4.45. The molecule has 1 atom stereocenters. The van der Waals surface area contributed by atoms with Gasteiger partial charge in [0, 0.05) is 41.7 Å². The van der Waals surface area contributed by atoms with Gasteiger partial charge in [-0.2, -0.15) is 0 Å². The van der Waals surface area contributed by atoms with E-state index >= 15 is 0 Å². The Labute approximate surface area is 161 Å². The number of carbonyl (C=O) groups is 1. The van der Waals surface area contributed by atoms with Gasteiger partial charge in [0.2, 0.25) is 5.91 Å². The van der Waals surface area contributed by atoms with Crippen LogP contribution in [0.25, 0.3) is 0 Å². The third-order valence-corrected chi connectivity index (χ3v) is 5.99. The van der Waals surface area contributed by atoms with Crippen molar-refractivity contribution in [3.8, 4) is 0 Å². The van der Waals surface area contributed by atoms with Crippen LogP contribution in [0.2, 0.25) is 0 Å². The monoisotopic (exact) mass is 422 g/mol. The Bertz CT molecular complexity index is 718. The first-order valence-corrected chi connectivity index (χ1v) is 10.2. The van der Waals surface area contributed by atoms with Crippen LogP contribution in [0.1, 0.15) is 19.0 Å². The molecule has 1 aromatic heterocycles. The van der Waals surface area contributed by atoms with Crippen LogP contribution in [0.15, 0.2) is 34.1 Å². The van der Waals surface area contributed by atoms with Gasteiger partial charge in [0.15, 0.2) is 5.13 Å². The minimum atomic E-state index is -0.151. The zero-order valence-corrected chi connectivity index (χ0v) is 16.9. The molecule has 0 aliphatic carbocycles. The summed E-state index contributed by atoms with van der Waals surface area (Å²) in [5.74, 6) is 0.0425. The maximum Gasteiger partial charge on any atom is 0.241 e. The van der Waals surface area contributed by atoms with Crippen molar-refractivity contribution in [1.29, 1.82) is 0 Å². The van der Waals surface area contributed by atoms with Crippen molar-refractivity contribution in [2.45, 2.75) is 26.3 Å². The predicted molar refractivity (Wildman–Crippen MR) is 107 cm³/mol. The van der Waals surface area contributed by atoms with E-state index in [0.717, 1.165) is 53.6 Å². The van der Waals surface area contributed by atoms with Crippen LogP contribution in [0, 0.1) is 6.92 Å². The van der Waals surface area contributed by atoms with Gasteiger partial charge >= 0.3 is 0 Å². The number of hydrogen-bond acceptors (Lipinski definition) is 5. The molecule has 0 saturated carbocycles. The second-order valence-electron chi connectivity index (χ2n) is 6.32. The SMILES string of the molecule is Cc1csc(N2CCCN(C(C)C(=O)Nc3ccc(Br)cc3)CC2)n1. The van der Waals surface area contributed by atoms with Crippen molar-refractivity contribution in [2.75, 3.05) is 36.4 Å². The topological polar surface area (TPSA) is 48.5 Å². The summed E-state index contributed by atoms with van der Waals surface area (Å²) >= 11 is 5.11.